The predicted octanol–water partition coefficient (Wildman–Crippen LogP) is 4.46. The van der Waals surface area contributed by atoms with Crippen LogP contribution in [-0.4, -0.2) is 25.7 Å². The first-order valence-corrected chi connectivity index (χ1v) is 9.72. The van der Waals surface area contributed by atoms with E-state index in [1.54, 1.807) is 25.3 Å². The quantitative estimate of drug-likeness (QED) is 0.544. The first kappa shape index (κ1) is 20.3. The van der Waals surface area contributed by atoms with Crippen molar-refractivity contribution < 1.29 is 14.3 Å². The van der Waals surface area contributed by atoms with Crippen molar-refractivity contribution in [1.29, 1.82) is 5.26 Å². The molecule has 1 aliphatic carbocycles. The average molecular weight is 421 g/mol. The van der Waals surface area contributed by atoms with Gasteiger partial charge in [0, 0.05) is 6.04 Å². The third-order valence-corrected chi connectivity index (χ3v) is 5.23. The third kappa shape index (κ3) is 5.01. The first-order chi connectivity index (χ1) is 12.5. The summed E-state index contributed by atoms with van der Waals surface area (Å²) in [6, 6.07) is 5.72. The molecule has 2 rings (SSSR count). The number of nitrogens with zero attached hydrogens (tertiary/aromatic N) is 1. The number of carbonyl (C=O) groups is 1. The average Bonchev–Trinajstić information content (AvgIpc) is 2.61. The highest BCUT2D eigenvalue weighted by Crippen LogP contribution is 2.37. The highest BCUT2D eigenvalue weighted by molar-refractivity contribution is 9.10. The highest BCUT2D eigenvalue weighted by atomic mass is 79.9. The molecule has 2 unspecified atom stereocenters. The van der Waals surface area contributed by atoms with Gasteiger partial charge in [0.2, 0.25) is 0 Å². The second kappa shape index (κ2) is 9.63. The van der Waals surface area contributed by atoms with E-state index in [0.29, 0.717) is 34.1 Å². The van der Waals surface area contributed by atoms with Crippen molar-refractivity contribution in [3.63, 3.8) is 0 Å². The second-order valence-electron chi connectivity index (χ2n) is 6.48. The van der Waals surface area contributed by atoms with Gasteiger partial charge in [0.25, 0.3) is 5.91 Å². The SMILES string of the molecule is CCOc1cc(/C=C(\C#N)C(=O)NC2CCCCC2C)cc(Br)c1OC. The minimum atomic E-state index is -0.323. The van der Waals surface area contributed by atoms with Crippen molar-refractivity contribution in [3.05, 3.63) is 27.7 Å². The lowest BCUT2D eigenvalue weighted by molar-refractivity contribution is -0.118. The Morgan fingerprint density at radius 3 is 2.77 bits per heavy atom. The Labute approximate surface area is 163 Å². The number of carbonyl (C=O) groups excluding carboxylic acids is 1. The van der Waals surface area contributed by atoms with Gasteiger partial charge in [-0.05, 0) is 65.4 Å². The number of nitrogens with one attached hydrogen (secondary N) is 1. The molecule has 2 atom stereocenters. The van der Waals surface area contributed by atoms with E-state index in [1.165, 1.54) is 6.42 Å². The number of hydrogen-bond acceptors (Lipinski definition) is 4. The van der Waals surface area contributed by atoms with Crippen molar-refractivity contribution >= 4 is 27.9 Å². The maximum Gasteiger partial charge on any atom is 0.262 e. The molecular formula is C20H25BrN2O3. The first-order valence-electron chi connectivity index (χ1n) is 8.93. The van der Waals surface area contributed by atoms with Crippen molar-refractivity contribution in [1.82, 2.24) is 5.32 Å². The van der Waals surface area contributed by atoms with Crippen molar-refractivity contribution in [3.8, 4) is 17.6 Å². The van der Waals surface area contributed by atoms with Crippen LogP contribution in [0.15, 0.2) is 22.2 Å². The van der Waals surface area contributed by atoms with Crippen LogP contribution in [0.4, 0.5) is 0 Å². The van der Waals surface area contributed by atoms with E-state index in [2.05, 4.69) is 28.2 Å². The molecule has 1 aromatic carbocycles. The standard InChI is InChI=1S/C20H25BrN2O3/c1-4-26-18-11-14(10-16(21)19(18)25-3)9-15(12-22)20(24)23-17-8-6-5-7-13(17)2/h9-11,13,17H,4-8H2,1-3H3,(H,23,24)/b15-9+. The topological polar surface area (TPSA) is 71.3 Å². The molecule has 140 valence electrons. The molecule has 1 fully saturated rings. The molecule has 26 heavy (non-hydrogen) atoms. The number of amides is 1. The summed E-state index contributed by atoms with van der Waals surface area (Å²) in [7, 11) is 1.57. The summed E-state index contributed by atoms with van der Waals surface area (Å²) >= 11 is 3.45. The Balaban J connectivity index is 2.24. The van der Waals surface area contributed by atoms with Gasteiger partial charge in [-0.2, -0.15) is 5.26 Å². The molecule has 0 heterocycles. The van der Waals surface area contributed by atoms with Crippen molar-refractivity contribution in [2.24, 2.45) is 5.92 Å². The summed E-state index contributed by atoms with van der Waals surface area (Å²) < 4.78 is 11.6. The Morgan fingerprint density at radius 2 is 2.15 bits per heavy atom. The molecule has 6 heteroatoms. The molecule has 1 N–H and O–H groups in total. The van der Waals surface area contributed by atoms with Crippen LogP contribution < -0.4 is 14.8 Å². The van der Waals surface area contributed by atoms with E-state index < -0.39 is 0 Å². The molecular weight excluding hydrogens is 396 g/mol. The van der Waals surface area contributed by atoms with E-state index in [9.17, 15) is 10.1 Å². The zero-order chi connectivity index (χ0) is 19.1. The Bertz CT molecular complexity index is 725. The molecule has 1 aromatic rings. The highest BCUT2D eigenvalue weighted by Gasteiger charge is 2.24. The Kier molecular flexibility index (Phi) is 7.52. The Hall–Kier alpha value is -2.00. The fourth-order valence-electron chi connectivity index (χ4n) is 3.22. The molecule has 0 bridgehead atoms. The number of ether oxygens (including phenoxy) is 2. The van der Waals surface area contributed by atoms with E-state index in [4.69, 9.17) is 9.47 Å². The largest absolute Gasteiger partial charge is 0.492 e. The van der Waals surface area contributed by atoms with Gasteiger partial charge in [-0.3, -0.25) is 4.79 Å². The lowest BCUT2D eigenvalue weighted by Crippen LogP contribution is -2.41. The molecule has 1 saturated carbocycles. The van der Waals surface area contributed by atoms with E-state index >= 15 is 0 Å². The third-order valence-electron chi connectivity index (χ3n) is 4.64. The summed E-state index contributed by atoms with van der Waals surface area (Å²) in [6.45, 7) is 4.52. The maximum atomic E-state index is 12.5. The van der Waals surface area contributed by atoms with Crippen LogP contribution >= 0.6 is 15.9 Å². The zero-order valence-electron chi connectivity index (χ0n) is 15.5. The van der Waals surface area contributed by atoms with Gasteiger partial charge in [-0.25, -0.2) is 0 Å². The lowest BCUT2D eigenvalue weighted by atomic mass is 9.86. The van der Waals surface area contributed by atoms with Gasteiger partial charge >= 0.3 is 0 Å². The van der Waals surface area contributed by atoms with Crippen LogP contribution in [0.2, 0.25) is 0 Å². The zero-order valence-corrected chi connectivity index (χ0v) is 17.1. The molecule has 0 radical (unpaired) electrons. The minimum Gasteiger partial charge on any atom is -0.492 e. The number of rotatable bonds is 6. The van der Waals surface area contributed by atoms with Gasteiger partial charge in [-0.1, -0.05) is 19.8 Å². The van der Waals surface area contributed by atoms with Gasteiger partial charge < -0.3 is 14.8 Å². The molecule has 0 spiro atoms. The van der Waals surface area contributed by atoms with Crippen LogP contribution in [0, 0.1) is 17.2 Å². The number of halogens is 1. The molecule has 0 aromatic heterocycles. The molecule has 0 saturated heterocycles. The van der Waals surface area contributed by atoms with E-state index in [1.807, 2.05) is 13.0 Å². The maximum absolute atomic E-state index is 12.5. The number of methoxy groups -OCH3 is 1. The van der Waals surface area contributed by atoms with E-state index in [0.717, 1.165) is 19.3 Å². The van der Waals surface area contributed by atoms with Gasteiger partial charge in [0.05, 0.1) is 18.2 Å². The summed E-state index contributed by atoms with van der Waals surface area (Å²) in [6.07, 6.45) is 5.97. The summed E-state index contributed by atoms with van der Waals surface area (Å²) in [5.74, 6) is 1.26. The smallest absolute Gasteiger partial charge is 0.262 e. The second-order valence-corrected chi connectivity index (χ2v) is 7.33. The lowest BCUT2D eigenvalue weighted by Gasteiger charge is -2.29. The van der Waals surface area contributed by atoms with E-state index in [-0.39, 0.29) is 17.5 Å². The van der Waals surface area contributed by atoms with Crippen LogP contribution in [-0.2, 0) is 4.79 Å². The Morgan fingerprint density at radius 1 is 1.42 bits per heavy atom. The molecule has 5 nitrogen and oxygen atoms in total. The minimum absolute atomic E-state index is 0.0855. The van der Waals surface area contributed by atoms with Crippen LogP contribution in [0.25, 0.3) is 6.08 Å². The van der Waals surface area contributed by atoms with Crippen molar-refractivity contribution in [2.75, 3.05) is 13.7 Å². The van der Waals surface area contributed by atoms with Crippen LogP contribution in [0.3, 0.4) is 0 Å². The monoisotopic (exact) mass is 420 g/mol. The van der Waals surface area contributed by atoms with Gasteiger partial charge in [0.1, 0.15) is 11.6 Å². The predicted molar refractivity (Wildman–Crippen MR) is 105 cm³/mol. The number of hydrogen-bond donors (Lipinski definition) is 1. The van der Waals surface area contributed by atoms with Crippen LogP contribution in [0.5, 0.6) is 11.5 Å². The fourth-order valence-corrected chi connectivity index (χ4v) is 3.85. The van der Waals surface area contributed by atoms with Crippen LogP contribution in [0.1, 0.15) is 45.1 Å². The van der Waals surface area contributed by atoms with Gasteiger partial charge in [0.15, 0.2) is 11.5 Å². The summed E-state index contributed by atoms with van der Waals surface area (Å²) in [4.78, 5) is 12.5. The normalized spacial score (nSPS) is 20.2. The van der Waals surface area contributed by atoms with Crippen molar-refractivity contribution in [2.45, 2.75) is 45.6 Å². The van der Waals surface area contributed by atoms with Gasteiger partial charge in [-0.15, -0.1) is 0 Å². The number of benzene rings is 1. The fraction of sp³-hybridized carbons (Fsp3) is 0.500. The number of nitriles is 1. The summed E-state index contributed by atoms with van der Waals surface area (Å²) in [5.41, 5.74) is 0.784. The molecule has 1 aliphatic rings. The molecule has 0 aliphatic heterocycles. The summed E-state index contributed by atoms with van der Waals surface area (Å²) in [5, 5.41) is 12.5. The molecule has 1 amide bonds.